The molecule has 0 spiro atoms. The number of aliphatic carboxylic acids is 1. The summed E-state index contributed by atoms with van der Waals surface area (Å²) < 4.78 is 0. The molecule has 120 valence electrons. The highest BCUT2D eigenvalue weighted by Crippen LogP contribution is 2.29. The van der Waals surface area contributed by atoms with Crippen molar-refractivity contribution in [3.8, 4) is 0 Å². The Morgan fingerprint density at radius 2 is 2.17 bits per heavy atom. The monoisotopic (exact) mass is 314 g/mol. The van der Waals surface area contributed by atoms with Gasteiger partial charge in [-0.15, -0.1) is 0 Å². The van der Waals surface area contributed by atoms with E-state index in [1.807, 2.05) is 6.07 Å². The van der Waals surface area contributed by atoms with Gasteiger partial charge in [0.05, 0.1) is 11.4 Å². The van der Waals surface area contributed by atoms with Gasteiger partial charge < -0.3 is 20.9 Å². The van der Waals surface area contributed by atoms with Crippen LogP contribution in [-0.4, -0.2) is 37.7 Å². The number of aromatic nitrogens is 3. The van der Waals surface area contributed by atoms with Crippen LogP contribution in [0.1, 0.15) is 30.7 Å². The average Bonchev–Trinajstić information content (AvgIpc) is 2.96. The van der Waals surface area contributed by atoms with E-state index in [1.54, 1.807) is 19.1 Å². The van der Waals surface area contributed by atoms with Crippen molar-refractivity contribution in [1.29, 1.82) is 0 Å². The van der Waals surface area contributed by atoms with Crippen LogP contribution in [0.25, 0.3) is 21.9 Å². The number of nitrogen functional groups attached to an aromatic ring is 1. The molecule has 0 aliphatic heterocycles. The molecule has 2 aromatic heterocycles. The number of nitrogens with one attached hydrogen (secondary N) is 1. The van der Waals surface area contributed by atoms with E-state index in [1.165, 1.54) is 0 Å². The molecule has 0 saturated carbocycles. The van der Waals surface area contributed by atoms with Crippen molar-refractivity contribution in [3.05, 3.63) is 29.6 Å². The second-order valence-electron chi connectivity index (χ2n) is 5.57. The third kappa shape index (κ3) is 2.70. The molecule has 3 rings (SSSR count). The number of anilines is 1. The Labute approximate surface area is 132 Å². The normalized spacial score (nSPS) is 12.8. The van der Waals surface area contributed by atoms with Crippen molar-refractivity contribution in [2.75, 3.05) is 12.3 Å². The van der Waals surface area contributed by atoms with Crippen molar-refractivity contribution >= 4 is 33.7 Å². The fourth-order valence-corrected chi connectivity index (χ4v) is 2.61. The lowest BCUT2D eigenvalue weighted by molar-refractivity contribution is -0.138. The maximum absolute atomic E-state index is 11.1. The Morgan fingerprint density at radius 3 is 2.87 bits per heavy atom. The maximum atomic E-state index is 11.1. The largest absolute Gasteiger partial charge is 0.481 e. The first-order valence-electron chi connectivity index (χ1n) is 7.42. The third-order valence-electron chi connectivity index (χ3n) is 3.97. The number of nitrogens with zero attached hydrogens (tertiary/aromatic N) is 2. The van der Waals surface area contributed by atoms with Crippen LogP contribution in [0.5, 0.6) is 0 Å². The summed E-state index contributed by atoms with van der Waals surface area (Å²) >= 11 is 0. The molecule has 7 nitrogen and oxygen atoms in total. The molecule has 5 N–H and O–H groups in total. The molecule has 1 aromatic carbocycles. The van der Waals surface area contributed by atoms with E-state index in [0.717, 1.165) is 16.7 Å². The van der Waals surface area contributed by atoms with E-state index in [2.05, 4.69) is 15.0 Å². The lowest BCUT2D eigenvalue weighted by Gasteiger charge is -2.08. The van der Waals surface area contributed by atoms with E-state index in [4.69, 9.17) is 15.9 Å². The second kappa shape index (κ2) is 5.85. The number of aromatic amines is 1. The Hall–Kier alpha value is -2.67. The zero-order chi connectivity index (χ0) is 16.6. The number of carboxylic acids is 1. The fourth-order valence-electron chi connectivity index (χ4n) is 2.61. The number of fused-ring (bicyclic) bond motifs is 3. The van der Waals surface area contributed by atoms with Crippen LogP contribution in [0, 0.1) is 0 Å². The molecule has 3 aromatic rings. The van der Waals surface area contributed by atoms with E-state index >= 15 is 0 Å². The van der Waals surface area contributed by atoms with Crippen molar-refractivity contribution in [2.45, 2.75) is 25.7 Å². The summed E-state index contributed by atoms with van der Waals surface area (Å²) in [6.07, 6.45) is 1.24. The number of hydrogen-bond donors (Lipinski definition) is 4. The Morgan fingerprint density at radius 1 is 1.39 bits per heavy atom. The minimum Gasteiger partial charge on any atom is -0.481 e. The van der Waals surface area contributed by atoms with Crippen LogP contribution >= 0.6 is 0 Å². The third-order valence-corrected chi connectivity index (χ3v) is 3.97. The van der Waals surface area contributed by atoms with Gasteiger partial charge in [0.2, 0.25) is 0 Å². The summed E-state index contributed by atoms with van der Waals surface area (Å²) in [5, 5.41) is 18.9. The number of imidazole rings is 1. The molecule has 7 heteroatoms. The van der Waals surface area contributed by atoms with Gasteiger partial charge in [0.1, 0.15) is 22.7 Å². The van der Waals surface area contributed by atoms with E-state index in [9.17, 15) is 4.79 Å². The van der Waals surface area contributed by atoms with Gasteiger partial charge in [-0.05, 0) is 25.0 Å². The quantitative estimate of drug-likeness (QED) is 0.569. The molecule has 0 aliphatic carbocycles. The van der Waals surface area contributed by atoms with Crippen LogP contribution in [0.2, 0.25) is 0 Å². The Kier molecular flexibility index (Phi) is 3.87. The number of carboxylic acid groups (broad SMARTS) is 1. The number of carbonyl (C=O) groups is 1. The van der Waals surface area contributed by atoms with Crippen molar-refractivity contribution in [2.24, 2.45) is 0 Å². The number of nitrogens with two attached hydrogens (primary N) is 1. The molecule has 2 heterocycles. The summed E-state index contributed by atoms with van der Waals surface area (Å²) in [4.78, 5) is 23.2. The highest BCUT2D eigenvalue weighted by molar-refractivity contribution is 6.06. The zero-order valence-corrected chi connectivity index (χ0v) is 12.7. The van der Waals surface area contributed by atoms with Crippen LogP contribution in [0.3, 0.4) is 0 Å². The summed E-state index contributed by atoms with van der Waals surface area (Å²) in [6.45, 7) is 1.73. The minimum absolute atomic E-state index is 0.0992. The molecule has 1 atom stereocenters. The van der Waals surface area contributed by atoms with Crippen molar-refractivity contribution < 1.29 is 15.0 Å². The number of pyridine rings is 1. The molecule has 1 unspecified atom stereocenters. The average molecular weight is 314 g/mol. The van der Waals surface area contributed by atoms with Gasteiger partial charge in [-0.1, -0.05) is 12.1 Å². The first-order valence-corrected chi connectivity index (χ1v) is 7.42. The van der Waals surface area contributed by atoms with Gasteiger partial charge in [-0.25, -0.2) is 9.97 Å². The summed E-state index contributed by atoms with van der Waals surface area (Å²) in [7, 11) is 0. The van der Waals surface area contributed by atoms with E-state index < -0.39 is 11.9 Å². The maximum Gasteiger partial charge on any atom is 0.310 e. The molecule has 23 heavy (non-hydrogen) atoms. The van der Waals surface area contributed by atoms with Gasteiger partial charge in [-0.2, -0.15) is 0 Å². The minimum atomic E-state index is -0.885. The molecular weight excluding hydrogens is 296 g/mol. The van der Waals surface area contributed by atoms with Gasteiger partial charge in [0, 0.05) is 18.4 Å². The second-order valence-corrected chi connectivity index (χ2v) is 5.57. The van der Waals surface area contributed by atoms with Gasteiger partial charge in [0.15, 0.2) is 0 Å². The van der Waals surface area contributed by atoms with Crippen molar-refractivity contribution in [3.63, 3.8) is 0 Å². The van der Waals surface area contributed by atoms with Gasteiger partial charge in [0.25, 0.3) is 0 Å². The Balaban J connectivity index is 2.15. The molecule has 0 amide bonds. The smallest absolute Gasteiger partial charge is 0.310 e. The molecule has 0 aliphatic rings. The van der Waals surface area contributed by atoms with Crippen LogP contribution in [0.15, 0.2) is 18.2 Å². The molecule has 0 bridgehead atoms. The highest BCUT2D eigenvalue weighted by atomic mass is 16.4. The number of rotatable bonds is 5. The molecule has 0 radical (unpaired) electrons. The van der Waals surface area contributed by atoms with Crippen LogP contribution < -0.4 is 5.73 Å². The highest BCUT2D eigenvalue weighted by Gasteiger charge is 2.16. The zero-order valence-electron chi connectivity index (χ0n) is 12.7. The van der Waals surface area contributed by atoms with Crippen LogP contribution in [0.4, 0.5) is 5.82 Å². The van der Waals surface area contributed by atoms with Gasteiger partial charge in [-0.3, -0.25) is 4.79 Å². The topological polar surface area (TPSA) is 125 Å². The molecule has 0 saturated heterocycles. The van der Waals surface area contributed by atoms with Gasteiger partial charge >= 0.3 is 5.97 Å². The van der Waals surface area contributed by atoms with Crippen LogP contribution in [-0.2, 0) is 11.2 Å². The van der Waals surface area contributed by atoms with Crippen molar-refractivity contribution in [1.82, 2.24) is 15.0 Å². The number of hydrogen-bond acceptors (Lipinski definition) is 5. The molecular formula is C16H18N4O3. The standard InChI is InChI=1S/C16H18N4O3/c1-8(16(22)23)9-4-5-10-11(7-9)18-15(17)14-13(10)19-12(20-14)3-2-6-21/h4-5,7-8,21H,2-3,6H2,1H3,(H2,17,18)(H,19,20)(H,22,23). The van der Waals surface area contributed by atoms with E-state index in [-0.39, 0.29) is 6.61 Å². The summed E-state index contributed by atoms with van der Waals surface area (Å²) in [5.74, 6) is -0.421. The number of benzene rings is 1. The first kappa shape index (κ1) is 15.2. The summed E-state index contributed by atoms with van der Waals surface area (Å²) in [6, 6.07) is 5.35. The fraction of sp³-hybridized carbons (Fsp3) is 0.312. The van der Waals surface area contributed by atoms with E-state index in [0.29, 0.717) is 35.3 Å². The number of aliphatic hydroxyl groups excluding tert-OH is 1. The predicted octanol–water partition coefficient (Wildman–Crippen LogP) is 1.81. The number of H-pyrrole nitrogens is 1. The number of aryl methyl sites for hydroxylation is 1. The SMILES string of the molecule is CC(C(=O)O)c1ccc2c(c1)nc(N)c1[nH]c(CCCO)nc12. The lowest BCUT2D eigenvalue weighted by Crippen LogP contribution is -2.07. The Bertz CT molecular complexity index is 888. The first-order chi connectivity index (χ1) is 11.0. The molecule has 0 fully saturated rings. The lowest BCUT2D eigenvalue weighted by atomic mass is 9.99. The predicted molar refractivity (Wildman–Crippen MR) is 87.3 cm³/mol. The number of aliphatic hydroxyl groups is 1. The summed E-state index contributed by atoms with van der Waals surface area (Å²) in [5.41, 5.74) is 8.69.